The van der Waals surface area contributed by atoms with Gasteiger partial charge in [0.05, 0.1) is 29.9 Å². The molecule has 3 aromatic rings. The molecule has 1 amide bonds. The third-order valence-corrected chi connectivity index (χ3v) is 5.71. The van der Waals surface area contributed by atoms with E-state index in [0.29, 0.717) is 13.0 Å². The number of amides is 1. The largest absolute Gasteiger partial charge is 0.497 e. The van der Waals surface area contributed by atoms with E-state index in [1.54, 1.807) is 7.11 Å². The lowest BCUT2D eigenvalue weighted by molar-refractivity contribution is -0.116. The van der Waals surface area contributed by atoms with Gasteiger partial charge in [0.15, 0.2) is 0 Å². The molecule has 1 N–H and O–H groups in total. The van der Waals surface area contributed by atoms with Gasteiger partial charge in [0.25, 0.3) is 0 Å². The molecular weight excluding hydrogens is 388 g/mol. The number of rotatable bonds is 9. The van der Waals surface area contributed by atoms with Gasteiger partial charge >= 0.3 is 0 Å². The van der Waals surface area contributed by atoms with Crippen molar-refractivity contribution >= 4 is 11.6 Å². The summed E-state index contributed by atoms with van der Waals surface area (Å²) in [6.07, 6.45) is 0.414. The first kappa shape index (κ1) is 22.6. The molecule has 3 rings (SSSR count). The SMILES string of the molecule is CCN(CCC(=O)Nc1c(C)nn(-c2ccccc2)c1C)C(C)c1cccc(OC)c1. The first-order valence-corrected chi connectivity index (χ1v) is 10.7. The van der Waals surface area contributed by atoms with Crippen LogP contribution >= 0.6 is 0 Å². The Labute approximate surface area is 184 Å². The minimum absolute atomic E-state index is 0.00453. The second-order valence-electron chi connectivity index (χ2n) is 7.67. The van der Waals surface area contributed by atoms with Crippen molar-refractivity contribution < 1.29 is 9.53 Å². The topological polar surface area (TPSA) is 59.4 Å². The molecule has 6 heteroatoms. The van der Waals surface area contributed by atoms with Crippen LogP contribution in [0, 0.1) is 13.8 Å². The van der Waals surface area contributed by atoms with Crippen LogP contribution in [0.25, 0.3) is 5.69 Å². The summed E-state index contributed by atoms with van der Waals surface area (Å²) in [4.78, 5) is 15.0. The van der Waals surface area contributed by atoms with E-state index in [2.05, 4.69) is 41.3 Å². The summed E-state index contributed by atoms with van der Waals surface area (Å²) in [5.41, 5.74) is 4.68. The van der Waals surface area contributed by atoms with Crippen molar-refractivity contribution in [3.8, 4) is 11.4 Å². The van der Waals surface area contributed by atoms with E-state index < -0.39 is 0 Å². The normalized spacial score (nSPS) is 12.1. The smallest absolute Gasteiger partial charge is 0.225 e. The molecule has 0 fully saturated rings. The average Bonchev–Trinajstić information content (AvgIpc) is 3.08. The summed E-state index contributed by atoms with van der Waals surface area (Å²) < 4.78 is 7.22. The van der Waals surface area contributed by atoms with Crippen LogP contribution < -0.4 is 10.1 Å². The fraction of sp³-hybridized carbons (Fsp3) is 0.360. The van der Waals surface area contributed by atoms with Crippen LogP contribution in [0.2, 0.25) is 0 Å². The lowest BCUT2D eigenvalue weighted by Crippen LogP contribution is -2.30. The van der Waals surface area contributed by atoms with Crippen LogP contribution in [0.15, 0.2) is 54.6 Å². The molecule has 0 spiro atoms. The van der Waals surface area contributed by atoms with Gasteiger partial charge in [-0.2, -0.15) is 5.10 Å². The molecule has 0 bridgehead atoms. The van der Waals surface area contributed by atoms with Crippen molar-refractivity contribution in [3.05, 3.63) is 71.5 Å². The van der Waals surface area contributed by atoms with Crippen LogP contribution in [0.5, 0.6) is 5.75 Å². The summed E-state index contributed by atoms with van der Waals surface area (Å²) in [5, 5.41) is 7.68. The molecule has 6 nitrogen and oxygen atoms in total. The molecule has 0 saturated carbocycles. The minimum atomic E-state index is -0.00453. The molecule has 1 heterocycles. The average molecular weight is 421 g/mol. The number of anilines is 1. The third-order valence-electron chi connectivity index (χ3n) is 5.71. The molecule has 0 radical (unpaired) electrons. The zero-order valence-electron chi connectivity index (χ0n) is 19.1. The molecule has 164 valence electrons. The maximum absolute atomic E-state index is 12.7. The molecular formula is C25H32N4O2. The van der Waals surface area contributed by atoms with E-state index in [9.17, 15) is 4.79 Å². The second kappa shape index (κ2) is 10.3. The Hall–Kier alpha value is -3.12. The number of benzene rings is 2. The van der Waals surface area contributed by atoms with Gasteiger partial charge in [-0.3, -0.25) is 9.69 Å². The number of aryl methyl sites for hydroxylation is 1. The summed E-state index contributed by atoms with van der Waals surface area (Å²) in [5.74, 6) is 0.842. The van der Waals surface area contributed by atoms with Crippen LogP contribution in [0.4, 0.5) is 5.69 Å². The molecule has 2 aromatic carbocycles. The lowest BCUT2D eigenvalue weighted by Gasteiger charge is -2.28. The van der Waals surface area contributed by atoms with Crippen molar-refractivity contribution in [2.45, 2.75) is 40.2 Å². The number of para-hydroxylation sites is 1. The summed E-state index contributed by atoms with van der Waals surface area (Å²) in [7, 11) is 1.68. The van der Waals surface area contributed by atoms with Crippen molar-refractivity contribution in [2.75, 3.05) is 25.5 Å². The highest BCUT2D eigenvalue weighted by atomic mass is 16.5. The quantitative estimate of drug-likeness (QED) is 0.534. The summed E-state index contributed by atoms with van der Waals surface area (Å²) in [6.45, 7) is 9.71. The first-order chi connectivity index (χ1) is 14.9. The summed E-state index contributed by atoms with van der Waals surface area (Å²) in [6, 6.07) is 18.2. The minimum Gasteiger partial charge on any atom is -0.497 e. The Morgan fingerprint density at radius 2 is 1.90 bits per heavy atom. The Bertz CT molecular complexity index is 1010. The van der Waals surface area contributed by atoms with Gasteiger partial charge in [0.2, 0.25) is 5.91 Å². The van der Waals surface area contributed by atoms with E-state index in [-0.39, 0.29) is 11.9 Å². The Kier molecular flexibility index (Phi) is 7.47. The number of nitrogens with one attached hydrogen (secondary N) is 1. The molecule has 0 aliphatic rings. The van der Waals surface area contributed by atoms with Crippen molar-refractivity contribution in [3.63, 3.8) is 0 Å². The van der Waals surface area contributed by atoms with Gasteiger partial charge in [-0.1, -0.05) is 37.3 Å². The zero-order valence-corrected chi connectivity index (χ0v) is 19.1. The van der Waals surface area contributed by atoms with Crippen LogP contribution in [0.3, 0.4) is 0 Å². The fourth-order valence-corrected chi connectivity index (χ4v) is 3.83. The molecule has 0 aliphatic heterocycles. The van der Waals surface area contributed by atoms with Crippen molar-refractivity contribution in [1.82, 2.24) is 14.7 Å². The van der Waals surface area contributed by atoms with Crippen LogP contribution in [-0.4, -0.2) is 40.8 Å². The monoisotopic (exact) mass is 420 g/mol. The fourth-order valence-electron chi connectivity index (χ4n) is 3.83. The van der Waals surface area contributed by atoms with Crippen LogP contribution in [-0.2, 0) is 4.79 Å². The molecule has 0 saturated heterocycles. The number of carbonyl (C=O) groups excluding carboxylic acids is 1. The number of hydrogen-bond acceptors (Lipinski definition) is 4. The predicted molar refractivity (Wildman–Crippen MR) is 125 cm³/mol. The van der Waals surface area contributed by atoms with Crippen molar-refractivity contribution in [1.29, 1.82) is 0 Å². The highest BCUT2D eigenvalue weighted by Crippen LogP contribution is 2.25. The van der Waals surface area contributed by atoms with E-state index in [4.69, 9.17) is 4.74 Å². The predicted octanol–water partition coefficient (Wildman–Crippen LogP) is 4.91. The highest BCUT2D eigenvalue weighted by molar-refractivity contribution is 5.92. The van der Waals surface area contributed by atoms with Gasteiger partial charge in [0, 0.05) is 19.0 Å². The van der Waals surface area contributed by atoms with Gasteiger partial charge in [-0.05, 0) is 57.1 Å². The Morgan fingerprint density at radius 3 is 2.58 bits per heavy atom. The molecule has 1 atom stereocenters. The van der Waals surface area contributed by atoms with Crippen LogP contribution in [0.1, 0.15) is 43.3 Å². The molecule has 0 aliphatic carbocycles. The Balaban J connectivity index is 1.64. The Morgan fingerprint density at radius 1 is 1.16 bits per heavy atom. The number of carbonyl (C=O) groups is 1. The highest BCUT2D eigenvalue weighted by Gasteiger charge is 2.18. The maximum Gasteiger partial charge on any atom is 0.225 e. The third kappa shape index (κ3) is 5.33. The second-order valence-corrected chi connectivity index (χ2v) is 7.67. The molecule has 1 unspecified atom stereocenters. The number of aromatic nitrogens is 2. The molecule has 31 heavy (non-hydrogen) atoms. The zero-order chi connectivity index (χ0) is 22.4. The standard InChI is InChI=1S/C25H32N4O2/c1-6-28(19(3)21-11-10-14-23(17-21)31-5)16-15-24(30)26-25-18(2)27-29(20(25)4)22-12-8-7-9-13-22/h7-14,17,19H,6,15-16H2,1-5H3,(H,26,30). The number of methoxy groups -OCH3 is 1. The number of hydrogen-bond donors (Lipinski definition) is 1. The van der Waals surface area contributed by atoms with Gasteiger partial charge in [-0.15, -0.1) is 0 Å². The van der Waals surface area contributed by atoms with Crippen molar-refractivity contribution in [2.24, 2.45) is 0 Å². The maximum atomic E-state index is 12.7. The molecule has 1 aromatic heterocycles. The van der Waals surface area contributed by atoms with E-state index in [1.165, 1.54) is 5.56 Å². The van der Waals surface area contributed by atoms with E-state index in [1.807, 2.05) is 61.0 Å². The number of nitrogens with zero attached hydrogens (tertiary/aromatic N) is 3. The summed E-state index contributed by atoms with van der Waals surface area (Å²) >= 11 is 0. The lowest BCUT2D eigenvalue weighted by atomic mass is 10.1. The van der Waals surface area contributed by atoms with E-state index >= 15 is 0 Å². The van der Waals surface area contributed by atoms with Gasteiger partial charge in [0.1, 0.15) is 5.75 Å². The number of ether oxygens (including phenoxy) is 1. The van der Waals surface area contributed by atoms with E-state index in [0.717, 1.165) is 35.1 Å². The first-order valence-electron chi connectivity index (χ1n) is 10.7. The van der Waals surface area contributed by atoms with Gasteiger partial charge < -0.3 is 10.1 Å². The van der Waals surface area contributed by atoms with Gasteiger partial charge in [-0.25, -0.2) is 4.68 Å².